The standard InChI is InChI=1S/C22H24N4O4/c27-21(25-11-14-29-15-12-25)18-16-26(19-8-4-9-23-20(18)19)10-5-13-30-22(28)24-17-6-2-1-3-7-17/h1-4,6-9,16H,5,10-15H2,(H,24,28). The van der Waals surface area contributed by atoms with Gasteiger partial charge in [0.15, 0.2) is 0 Å². The lowest BCUT2D eigenvalue weighted by Gasteiger charge is -2.26. The van der Waals surface area contributed by atoms with Crippen LogP contribution in [0.2, 0.25) is 0 Å². The van der Waals surface area contributed by atoms with Crippen molar-refractivity contribution in [2.45, 2.75) is 13.0 Å². The Bertz CT molecular complexity index is 1010. The summed E-state index contributed by atoms with van der Waals surface area (Å²) in [6.45, 7) is 3.16. The van der Waals surface area contributed by atoms with Crippen molar-refractivity contribution in [3.8, 4) is 0 Å². The van der Waals surface area contributed by atoms with Gasteiger partial charge in [-0.05, 0) is 30.7 Å². The minimum atomic E-state index is -0.483. The van der Waals surface area contributed by atoms with Gasteiger partial charge in [-0.1, -0.05) is 18.2 Å². The number of benzene rings is 1. The summed E-state index contributed by atoms with van der Waals surface area (Å²) in [5, 5.41) is 2.69. The monoisotopic (exact) mass is 408 g/mol. The summed E-state index contributed by atoms with van der Waals surface area (Å²) in [5.74, 6) is -0.0285. The Balaban J connectivity index is 1.37. The number of amides is 2. The van der Waals surface area contributed by atoms with E-state index in [9.17, 15) is 9.59 Å². The van der Waals surface area contributed by atoms with E-state index in [-0.39, 0.29) is 12.5 Å². The predicted molar refractivity (Wildman–Crippen MR) is 112 cm³/mol. The number of hydrogen-bond donors (Lipinski definition) is 1. The van der Waals surface area contributed by atoms with Gasteiger partial charge in [-0.2, -0.15) is 0 Å². The van der Waals surface area contributed by atoms with Crippen LogP contribution in [0.15, 0.2) is 54.9 Å². The first-order chi connectivity index (χ1) is 14.7. The minimum Gasteiger partial charge on any atom is -0.449 e. The largest absolute Gasteiger partial charge is 0.449 e. The van der Waals surface area contributed by atoms with Gasteiger partial charge in [-0.25, -0.2) is 4.79 Å². The van der Waals surface area contributed by atoms with E-state index in [0.717, 1.165) is 5.52 Å². The molecule has 1 aliphatic heterocycles. The SMILES string of the molecule is O=C(Nc1ccccc1)OCCCn1cc(C(=O)N2CCOCC2)c2ncccc21. The molecule has 8 nitrogen and oxygen atoms in total. The van der Waals surface area contributed by atoms with E-state index in [1.54, 1.807) is 23.2 Å². The number of aromatic nitrogens is 2. The van der Waals surface area contributed by atoms with Crippen LogP contribution < -0.4 is 5.32 Å². The lowest BCUT2D eigenvalue weighted by molar-refractivity contribution is 0.0304. The van der Waals surface area contributed by atoms with Crippen molar-refractivity contribution in [2.75, 3.05) is 38.2 Å². The van der Waals surface area contributed by atoms with Gasteiger partial charge in [0, 0.05) is 37.7 Å². The van der Waals surface area contributed by atoms with Crippen LogP contribution in [0.3, 0.4) is 0 Å². The second-order valence-electron chi connectivity index (χ2n) is 6.99. The number of hydrogen-bond acceptors (Lipinski definition) is 5. The number of nitrogens with one attached hydrogen (secondary N) is 1. The molecule has 30 heavy (non-hydrogen) atoms. The molecule has 2 aromatic heterocycles. The molecule has 0 unspecified atom stereocenters. The maximum atomic E-state index is 13.0. The Morgan fingerprint density at radius 3 is 2.70 bits per heavy atom. The quantitative estimate of drug-likeness (QED) is 0.634. The predicted octanol–water partition coefficient (Wildman–Crippen LogP) is 3.15. The van der Waals surface area contributed by atoms with Crippen LogP contribution in [0.5, 0.6) is 0 Å². The molecule has 1 aliphatic rings. The molecule has 4 rings (SSSR count). The van der Waals surface area contributed by atoms with Crippen molar-refractivity contribution in [1.82, 2.24) is 14.5 Å². The van der Waals surface area contributed by atoms with Crippen LogP contribution in [0.25, 0.3) is 11.0 Å². The first kappa shape index (κ1) is 19.9. The number of aryl methyl sites for hydroxylation is 1. The van der Waals surface area contributed by atoms with Crippen molar-refractivity contribution >= 4 is 28.7 Å². The Hall–Kier alpha value is -3.39. The summed E-state index contributed by atoms with van der Waals surface area (Å²) >= 11 is 0. The molecule has 156 valence electrons. The highest BCUT2D eigenvalue weighted by Crippen LogP contribution is 2.21. The zero-order chi connectivity index (χ0) is 20.8. The molecule has 0 bridgehead atoms. The van der Waals surface area contributed by atoms with E-state index < -0.39 is 6.09 Å². The Morgan fingerprint density at radius 2 is 1.90 bits per heavy atom. The Labute approximate surface area is 174 Å². The number of nitrogens with zero attached hydrogens (tertiary/aromatic N) is 3. The number of rotatable bonds is 6. The van der Waals surface area contributed by atoms with Crippen molar-refractivity contribution < 1.29 is 19.1 Å². The molecule has 0 saturated carbocycles. The third-order valence-electron chi connectivity index (χ3n) is 4.96. The highest BCUT2D eigenvalue weighted by Gasteiger charge is 2.23. The molecule has 8 heteroatoms. The summed E-state index contributed by atoms with van der Waals surface area (Å²) in [4.78, 5) is 31.1. The zero-order valence-corrected chi connectivity index (χ0v) is 16.6. The summed E-state index contributed by atoms with van der Waals surface area (Å²) in [5.41, 5.74) is 2.87. The molecule has 0 radical (unpaired) electrons. The number of morpholine rings is 1. The van der Waals surface area contributed by atoms with Crippen LogP contribution in [0.1, 0.15) is 16.8 Å². The fourth-order valence-corrected chi connectivity index (χ4v) is 3.48. The van der Waals surface area contributed by atoms with Crippen molar-refractivity contribution in [3.63, 3.8) is 0 Å². The lowest BCUT2D eigenvalue weighted by Crippen LogP contribution is -2.40. The minimum absolute atomic E-state index is 0.0285. The molecule has 3 aromatic rings. The molecule has 1 fully saturated rings. The smallest absolute Gasteiger partial charge is 0.411 e. The van der Waals surface area contributed by atoms with E-state index in [2.05, 4.69) is 10.3 Å². The highest BCUT2D eigenvalue weighted by molar-refractivity contribution is 6.05. The van der Waals surface area contributed by atoms with Gasteiger partial charge in [0.1, 0.15) is 5.52 Å². The van der Waals surface area contributed by atoms with Gasteiger partial charge in [0.2, 0.25) is 0 Å². The second kappa shape index (κ2) is 9.41. The molecule has 0 atom stereocenters. The van der Waals surface area contributed by atoms with Gasteiger partial charge in [-0.3, -0.25) is 15.1 Å². The molecule has 3 heterocycles. The molecular weight excluding hydrogens is 384 g/mol. The Kier molecular flexibility index (Phi) is 6.24. The summed E-state index contributed by atoms with van der Waals surface area (Å²) in [7, 11) is 0. The van der Waals surface area contributed by atoms with Crippen molar-refractivity contribution in [1.29, 1.82) is 0 Å². The highest BCUT2D eigenvalue weighted by atomic mass is 16.5. The van der Waals surface area contributed by atoms with Gasteiger partial charge in [0.05, 0.1) is 30.9 Å². The van der Waals surface area contributed by atoms with Gasteiger partial charge in [-0.15, -0.1) is 0 Å². The number of pyridine rings is 1. The number of anilines is 1. The molecule has 0 spiro atoms. The van der Waals surface area contributed by atoms with E-state index in [0.29, 0.717) is 56.0 Å². The maximum Gasteiger partial charge on any atom is 0.411 e. The zero-order valence-electron chi connectivity index (χ0n) is 16.6. The number of carbonyl (C=O) groups is 2. The molecule has 0 aliphatic carbocycles. The summed E-state index contributed by atoms with van der Waals surface area (Å²) < 4.78 is 12.6. The molecule has 1 N–H and O–H groups in total. The van der Waals surface area contributed by atoms with Gasteiger partial charge in [0.25, 0.3) is 5.91 Å². The van der Waals surface area contributed by atoms with E-state index in [1.807, 2.05) is 41.1 Å². The first-order valence-electron chi connectivity index (χ1n) is 10.0. The third-order valence-corrected chi connectivity index (χ3v) is 4.96. The number of ether oxygens (including phenoxy) is 2. The number of para-hydroxylation sites is 1. The maximum absolute atomic E-state index is 13.0. The van der Waals surface area contributed by atoms with E-state index >= 15 is 0 Å². The number of fused-ring (bicyclic) bond motifs is 1. The molecule has 2 amide bonds. The van der Waals surface area contributed by atoms with E-state index in [1.165, 1.54) is 0 Å². The summed E-state index contributed by atoms with van der Waals surface area (Å²) in [6.07, 6.45) is 3.68. The third kappa shape index (κ3) is 4.60. The van der Waals surface area contributed by atoms with Crippen LogP contribution in [0, 0.1) is 0 Å². The topological polar surface area (TPSA) is 85.7 Å². The van der Waals surface area contributed by atoms with Crippen LogP contribution in [-0.2, 0) is 16.0 Å². The van der Waals surface area contributed by atoms with E-state index in [4.69, 9.17) is 9.47 Å². The van der Waals surface area contributed by atoms with Crippen molar-refractivity contribution in [2.24, 2.45) is 0 Å². The molecular formula is C22H24N4O4. The fourth-order valence-electron chi connectivity index (χ4n) is 3.48. The Morgan fingerprint density at radius 1 is 1.10 bits per heavy atom. The van der Waals surface area contributed by atoms with Crippen molar-refractivity contribution in [3.05, 3.63) is 60.4 Å². The average Bonchev–Trinajstić information content (AvgIpc) is 3.16. The van der Waals surface area contributed by atoms with Crippen LogP contribution in [0.4, 0.5) is 10.5 Å². The molecule has 1 saturated heterocycles. The van der Waals surface area contributed by atoms with Crippen LogP contribution >= 0.6 is 0 Å². The first-order valence-corrected chi connectivity index (χ1v) is 10.0. The van der Waals surface area contributed by atoms with Crippen LogP contribution in [-0.4, -0.2) is 59.4 Å². The average molecular weight is 408 g/mol. The summed E-state index contributed by atoms with van der Waals surface area (Å²) in [6, 6.07) is 13.0. The normalized spacial score (nSPS) is 13.9. The number of carbonyl (C=O) groups excluding carboxylic acids is 2. The second-order valence-corrected chi connectivity index (χ2v) is 6.99. The fraction of sp³-hybridized carbons (Fsp3) is 0.318. The lowest BCUT2D eigenvalue weighted by atomic mass is 10.2. The van der Waals surface area contributed by atoms with Gasteiger partial charge >= 0.3 is 6.09 Å². The van der Waals surface area contributed by atoms with Gasteiger partial charge < -0.3 is 18.9 Å². The molecule has 1 aromatic carbocycles.